The maximum Gasteiger partial charge on any atom is 0.323 e. The fraction of sp³-hybridized carbons (Fsp3) is 0.222. The van der Waals surface area contributed by atoms with E-state index in [-0.39, 0.29) is 11.6 Å². The number of nitrogens with zero attached hydrogens (tertiary/aromatic N) is 2. The molecule has 2 amide bonds. The van der Waals surface area contributed by atoms with Crippen molar-refractivity contribution < 1.29 is 4.79 Å². The first kappa shape index (κ1) is 22.3. The summed E-state index contributed by atoms with van der Waals surface area (Å²) in [4.78, 5) is 30.1. The second-order valence-electron chi connectivity index (χ2n) is 8.20. The van der Waals surface area contributed by atoms with E-state index in [0.717, 1.165) is 30.5 Å². The lowest BCUT2D eigenvalue weighted by Gasteiger charge is -2.14. The summed E-state index contributed by atoms with van der Waals surface area (Å²) in [5.74, 6) is 0.610. The van der Waals surface area contributed by atoms with Crippen LogP contribution in [0, 0.1) is 13.8 Å². The van der Waals surface area contributed by atoms with Crippen LogP contribution in [0.15, 0.2) is 71.5 Å². The zero-order valence-corrected chi connectivity index (χ0v) is 19.2. The molecule has 0 aliphatic rings. The summed E-state index contributed by atoms with van der Waals surface area (Å²) in [5, 5.41) is 6.33. The van der Waals surface area contributed by atoms with Gasteiger partial charge in [0, 0.05) is 11.4 Å². The molecule has 3 aromatic carbocycles. The summed E-state index contributed by atoms with van der Waals surface area (Å²) in [7, 11) is 0. The molecule has 0 unspecified atom stereocenters. The number of aryl methyl sites for hydroxylation is 3. The highest BCUT2D eigenvalue weighted by Gasteiger charge is 2.12. The van der Waals surface area contributed by atoms with Crippen LogP contribution in [-0.4, -0.2) is 15.6 Å². The number of unbranched alkanes of at least 4 members (excludes halogenated alkanes) is 1. The lowest BCUT2D eigenvalue weighted by molar-refractivity contribution is 0.262. The number of para-hydroxylation sites is 1. The van der Waals surface area contributed by atoms with Crippen molar-refractivity contribution in [2.24, 2.45) is 0 Å². The number of hydrogen-bond donors (Lipinski definition) is 2. The Morgan fingerprint density at radius 2 is 1.73 bits per heavy atom. The molecule has 0 aliphatic carbocycles. The largest absolute Gasteiger partial charge is 0.323 e. The number of anilines is 2. The molecule has 0 saturated heterocycles. The molecular formula is C27H28N4O2. The van der Waals surface area contributed by atoms with Gasteiger partial charge in [-0.3, -0.25) is 9.36 Å². The minimum atomic E-state index is -0.312. The third-order valence-electron chi connectivity index (χ3n) is 5.69. The molecule has 0 aliphatic heterocycles. The Balaban J connectivity index is 1.51. The third kappa shape index (κ3) is 4.95. The van der Waals surface area contributed by atoms with Crippen LogP contribution in [-0.2, 0) is 6.42 Å². The minimum Gasteiger partial charge on any atom is -0.308 e. The molecule has 4 aromatic rings. The smallest absolute Gasteiger partial charge is 0.308 e. The SMILES string of the molecule is CCCCc1ccc(NC(=O)Nc2ccc(-n3c(C)nc4ccccc4c3=O)cc2C)cc1. The molecule has 0 bridgehead atoms. The molecule has 0 spiro atoms. The zero-order valence-electron chi connectivity index (χ0n) is 19.2. The van der Waals surface area contributed by atoms with Crippen LogP contribution in [0.2, 0.25) is 0 Å². The molecule has 168 valence electrons. The molecule has 0 atom stereocenters. The van der Waals surface area contributed by atoms with Gasteiger partial charge in [-0.2, -0.15) is 0 Å². The van der Waals surface area contributed by atoms with Gasteiger partial charge in [0.05, 0.1) is 16.6 Å². The number of nitrogens with one attached hydrogen (secondary N) is 2. The van der Waals surface area contributed by atoms with E-state index < -0.39 is 0 Å². The fourth-order valence-corrected chi connectivity index (χ4v) is 3.90. The first-order chi connectivity index (χ1) is 16.0. The van der Waals surface area contributed by atoms with Crippen LogP contribution in [0.25, 0.3) is 16.6 Å². The number of rotatable bonds is 6. The predicted molar refractivity (Wildman–Crippen MR) is 135 cm³/mol. The molecular weight excluding hydrogens is 412 g/mol. The van der Waals surface area contributed by atoms with E-state index in [1.54, 1.807) is 16.7 Å². The lowest BCUT2D eigenvalue weighted by Crippen LogP contribution is -2.23. The van der Waals surface area contributed by atoms with E-state index >= 15 is 0 Å². The summed E-state index contributed by atoms with van der Waals surface area (Å²) in [6.45, 7) is 5.89. The summed E-state index contributed by atoms with van der Waals surface area (Å²) in [6.07, 6.45) is 3.36. The van der Waals surface area contributed by atoms with Gasteiger partial charge in [0.1, 0.15) is 5.82 Å². The van der Waals surface area contributed by atoms with Crippen molar-refractivity contribution in [2.75, 3.05) is 10.6 Å². The van der Waals surface area contributed by atoms with E-state index in [1.165, 1.54) is 5.56 Å². The van der Waals surface area contributed by atoms with Crippen LogP contribution in [0.3, 0.4) is 0 Å². The Labute approximate surface area is 193 Å². The van der Waals surface area contributed by atoms with Gasteiger partial charge in [-0.15, -0.1) is 0 Å². The van der Waals surface area contributed by atoms with Gasteiger partial charge in [0.15, 0.2) is 0 Å². The normalized spacial score (nSPS) is 10.9. The minimum absolute atomic E-state index is 0.113. The van der Waals surface area contributed by atoms with E-state index in [4.69, 9.17) is 0 Å². The summed E-state index contributed by atoms with van der Waals surface area (Å²) < 4.78 is 1.60. The van der Waals surface area contributed by atoms with Gasteiger partial charge >= 0.3 is 6.03 Å². The monoisotopic (exact) mass is 440 g/mol. The number of hydrogen-bond acceptors (Lipinski definition) is 3. The van der Waals surface area contributed by atoms with Crippen molar-refractivity contribution in [1.82, 2.24) is 9.55 Å². The topological polar surface area (TPSA) is 76.0 Å². The lowest BCUT2D eigenvalue weighted by atomic mass is 10.1. The van der Waals surface area contributed by atoms with Crippen molar-refractivity contribution >= 4 is 28.3 Å². The Morgan fingerprint density at radius 3 is 2.45 bits per heavy atom. The average molecular weight is 441 g/mol. The van der Waals surface area contributed by atoms with Crippen molar-refractivity contribution in [1.29, 1.82) is 0 Å². The Hall–Kier alpha value is -3.93. The van der Waals surface area contributed by atoms with E-state index in [0.29, 0.717) is 28.1 Å². The Bertz CT molecular complexity index is 1360. The van der Waals surface area contributed by atoms with Crippen LogP contribution in [0.5, 0.6) is 0 Å². The highest BCUT2D eigenvalue weighted by Crippen LogP contribution is 2.21. The number of fused-ring (bicyclic) bond motifs is 1. The molecule has 1 aromatic heterocycles. The van der Waals surface area contributed by atoms with E-state index in [2.05, 4.69) is 22.5 Å². The van der Waals surface area contributed by atoms with Gasteiger partial charge in [0.25, 0.3) is 5.56 Å². The van der Waals surface area contributed by atoms with Gasteiger partial charge in [-0.1, -0.05) is 37.6 Å². The second kappa shape index (κ2) is 9.69. The third-order valence-corrected chi connectivity index (χ3v) is 5.69. The summed E-state index contributed by atoms with van der Waals surface area (Å²) in [6, 6.07) is 20.4. The maximum atomic E-state index is 13.1. The zero-order chi connectivity index (χ0) is 23.4. The molecule has 33 heavy (non-hydrogen) atoms. The second-order valence-corrected chi connectivity index (χ2v) is 8.20. The molecule has 0 fully saturated rings. The summed E-state index contributed by atoms with van der Waals surface area (Å²) >= 11 is 0. The van der Waals surface area contributed by atoms with Crippen LogP contribution >= 0.6 is 0 Å². The quantitative estimate of drug-likeness (QED) is 0.387. The molecule has 2 N–H and O–H groups in total. The first-order valence-electron chi connectivity index (χ1n) is 11.2. The number of carbonyl (C=O) groups is 1. The molecule has 1 heterocycles. The van der Waals surface area contributed by atoms with Crippen molar-refractivity contribution in [3.8, 4) is 5.69 Å². The standard InChI is InChI=1S/C27H28N4O2/c1-4-5-8-20-11-13-21(14-12-20)29-27(33)30-24-16-15-22(17-18(24)2)31-19(3)28-25-10-7-6-9-23(25)26(31)32/h6-7,9-17H,4-5,8H2,1-3H3,(H2,29,30,33). The predicted octanol–water partition coefficient (Wildman–Crippen LogP) is 5.99. The van der Waals surface area contributed by atoms with Crippen molar-refractivity contribution in [2.45, 2.75) is 40.0 Å². The van der Waals surface area contributed by atoms with Gasteiger partial charge < -0.3 is 10.6 Å². The molecule has 6 nitrogen and oxygen atoms in total. The van der Waals surface area contributed by atoms with Crippen molar-refractivity contribution in [3.63, 3.8) is 0 Å². The number of carbonyl (C=O) groups excluding carboxylic acids is 1. The highest BCUT2D eigenvalue weighted by molar-refractivity contribution is 6.00. The van der Waals surface area contributed by atoms with Gasteiger partial charge in [-0.05, 0) is 80.3 Å². The highest BCUT2D eigenvalue weighted by atomic mass is 16.2. The van der Waals surface area contributed by atoms with Gasteiger partial charge in [-0.25, -0.2) is 9.78 Å². The number of aromatic nitrogens is 2. The Morgan fingerprint density at radius 1 is 0.970 bits per heavy atom. The number of urea groups is 1. The van der Waals surface area contributed by atoms with E-state index in [9.17, 15) is 9.59 Å². The van der Waals surface area contributed by atoms with Crippen molar-refractivity contribution in [3.05, 3.63) is 94.0 Å². The summed E-state index contributed by atoms with van der Waals surface area (Å²) in [5.41, 5.74) is 4.81. The molecule has 0 radical (unpaired) electrons. The maximum absolute atomic E-state index is 13.1. The molecule has 4 rings (SSSR count). The van der Waals surface area contributed by atoms with E-state index in [1.807, 2.05) is 68.4 Å². The fourth-order valence-electron chi connectivity index (χ4n) is 3.90. The molecule has 0 saturated carbocycles. The van der Waals surface area contributed by atoms with Crippen LogP contribution in [0.1, 0.15) is 36.7 Å². The van der Waals surface area contributed by atoms with Gasteiger partial charge in [0.2, 0.25) is 0 Å². The Kier molecular flexibility index (Phi) is 6.54. The molecule has 6 heteroatoms. The van der Waals surface area contributed by atoms with Crippen LogP contribution in [0.4, 0.5) is 16.2 Å². The van der Waals surface area contributed by atoms with Crippen LogP contribution < -0.4 is 16.2 Å². The first-order valence-corrected chi connectivity index (χ1v) is 11.2. The number of amides is 2. The number of benzene rings is 3. The average Bonchev–Trinajstić information content (AvgIpc) is 2.80.